The molecule has 13 heavy (non-hydrogen) atoms. The van der Waals surface area contributed by atoms with Gasteiger partial charge in [-0.15, -0.1) is 0 Å². The Bertz CT molecular complexity index is 274. The molecule has 72 valence electrons. The zero-order valence-corrected chi connectivity index (χ0v) is 7.17. The fraction of sp³-hybridized carbons (Fsp3) is 0.500. The maximum Gasteiger partial charge on any atom is 0.276 e. The lowest BCUT2D eigenvalue weighted by Gasteiger charge is -2.11. The topological polar surface area (TPSA) is 46.0 Å². The van der Waals surface area contributed by atoms with E-state index in [0.717, 1.165) is 0 Å². The summed E-state index contributed by atoms with van der Waals surface area (Å²) in [5.41, 5.74) is 0.862. The van der Waals surface area contributed by atoms with Crippen LogP contribution in [0.15, 0.2) is 12.4 Å². The number of nitrogens with zero attached hydrogens (tertiary/aromatic N) is 2. The third kappa shape index (κ3) is 3.02. The number of aryl methyl sites for hydroxylation is 1. The SMILES string of the molecule is Cc1cnc(CC(F)(F)CO)cn1. The van der Waals surface area contributed by atoms with Crippen LogP contribution >= 0.6 is 0 Å². The highest BCUT2D eigenvalue weighted by molar-refractivity contribution is 5.02. The van der Waals surface area contributed by atoms with Crippen LogP contribution in [0.1, 0.15) is 11.4 Å². The van der Waals surface area contributed by atoms with E-state index in [2.05, 4.69) is 9.97 Å². The van der Waals surface area contributed by atoms with Crippen molar-refractivity contribution in [1.82, 2.24) is 9.97 Å². The molecule has 3 nitrogen and oxygen atoms in total. The normalized spacial score (nSPS) is 11.7. The minimum absolute atomic E-state index is 0.185. The van der Waals surface area contributed by atoms with Gasteiger partial charge in [-0.05, 0) is 6.92 Å². The van der Waals surface area contributed by atoms with Gasteiger partial charge in [-0.25, -0.2) is 8.78 Å². The van der Waals surface area contributed by atoms with E-state index in [1.54, 1.807) is 6.92 Å². The number of aromatic nitrogens is 2. The summed E-state index contributed by atoms with van der Waals surface area (Å²) in [6.45, 7) is 0.559. The van der Waals surface area contributed by atoms with E-state index in [-0.39, 0.29) is 5.69 Å². The van der Waals surface area contributed by atoms with E-state index in [1.165, 1.54) is 12.4 Å². The van der Waals surface area contributed by atoms with Gasteiger partial charge in [0.15, 0.2) is 0 Å². The van der Waals surface area contributed by atoms with Gasteiger partial charge in [-0.2, -0.15) is 0 Å². The second kappa shape index (κ2) is 3.74. The van der Waals surface area contributed by atoms with Crippen molar-refractivity contribution in [1.29, 1.82) is 0 Å². The number of alkyl halides is 2. The Morgan fingerprint density at radius 1 is 1.38 bits per heavy atom. The highest BCUT2D eigenvalue weighted by Gasteiger charge is 2.28. The first-order chi connectivity index (χ1) is 6.03. The summed E-state index contributed by atoms with van der Waals surface area (Å²) in [5, 5.41) is 8.31. The fourth-order valence-electron chi connectivity index (χ4n) is 0.831. The first kappa shape index (κ1) is 9.98. The minimum Gasteiger partial charge on any atom is -0.390 e. The number of hydrogen-bond acceptors (Lipinski definition) is 3. The van der Waals surface area contributed by atoms with Gasteiger partial charge in [-0.3, -0.25) is 9.97 Å². The Hall–Kier alpha value is -1.10. The molecule has 0 unspecified atom stereocenters. The molecular weight excluding hydrogens is 178 g/mol. The molecule has 5 heteroatoms. The lowest BCUT2D eigenvalue weighted by Crippen LogP contribution is -2.25. The third-order valence-corrected chi connectivity index (χ3v) is 1.51. The second-order valence-corrected chi connectivity index (χ2v) is 2.84. The van der Waals surface area contributed by atoms with E-state index < -0.39 is 19.0 Å². The lowest BCUT2D eigenvalue weighted by atomic mass is 10.2. The second-order valence-electron chi connectivity index (χ2n) is 2.84. The van der Waals surface area contributed by atoms with Crippen LogP contribution in [0.4, 0.5) is 8.78 Å². The first-order valence-corrected chi connectivity index (χ1v) is 3.80. The average molecular weight is 188 g/mol. The highest BCUT2D eigenvalue weighted by Crippen LogP contribution is 2.17. The maximum atomic E-state index is 12.6. The highest BCUT2D eigenvalue weighted by atomic mass is 19.3. The van der Waals surface area contributed by atoms with E-state index in [4.69, 9.17) is 5.11 Å². The average Bonchev–Trinajstić information content (AvgIpc) is 2.09. The number of aliphatic hydroxyl groups excluding tert-OH is 1. The summed E-state index contributed by atoms with van der Waals surface area (Å²) in [6, 6.07) is 0. The van der Waals surface area contributed by atoms with Gasteiger partial charge < -0.3 is 5.11 Å². The number of rotatable bonds is 3. The largest absolute Gasteiger partial charge is 0.390 e. The van der Waals surface area contributed by atoms with E-state index in [9.17, 15) is 8.78 Å². The van der Waals surface area contributed by atoms with Gasteiger partial charge in [0.2, 0.25) is 0 Å². The van der Waals surface area contributed by atoms with Crippen molar-refractivity contribution in [3.05, 3.63) is 23.8 Å². The van der Waals surface area contributed by atoms with Crippen molar-refractivity contribution in [3.8, 4) is 0 Å². The van der Waals surface area contributed by atoms with Gasteiger partial charge >= 0.3 is 0 Å². The minimum atomic E-state index is -3.11. The van der Waals surface area contributed by atoms with Gasteiger partial charge in [0.1, 0.15) is 6.61 Å². The smallest absolute Gasteiger partial charge is 0.276 e. The van der Waals surface area contributed by atoms with Crippen LogP contribution < -0.4 is 0 Å². The van der Waals surface area contributed by atoms with Crippen LogP contribution in [-0.2, 0) is 6.42 Å². The Labute approximate surface area is 74.5 Å². The van der Waals surface area contributed by atoms with Gasteiger partial charge in [-0.1, -0.05) is 0 Å². The number of hydrogen-bond donors (Lipinski definition) is 1. The molecule has 0 radical (unpaired) electrons. The molecule has 0 aliphatic carbocycles. The van der Waals surface area contributed by atoms with Crippen LogP contribution in [0.3, 0.4) is 0 Å². The third-order valence-electron chi connectivity index (χ3n) is 1.51. The van der Waals surface area contributed by atoms with Crippen LogP contribution in [0.2, 0.25) is 0 Å². The molecule has 1 aromatic heterocycles. The van der Waals surface area contributed by atoms with Crippen LogP contribution in [-0.4, -0.2) is 27.6 Å². The molecular formula is C8H10F2N2O. The van der Waals surface area contributed by atoms with E-state index in [0.29, 0.717) is 5.69 Å². The zero-order valence-electron chi connectivity index (χ0n) is 7.17. The fourth-order valence-corrected chi connectivity index (χ4v) is 0.831. The molecule has 0 fully saturated rings. The van der Waals surface area contributed by atoms with Crippen molar-refractivity contribution in [3.63, 3.8) is 0 Å². The van der Waals surface area contributed by atoms with Crippen LogP contribution in [0.5, 0.6) is 0 Å². The molecule has 0 bridgehead atoms. The van der Waals surface area contributed by atoms with Crippen molar-refractivity contribution in [2.24, 2.45) is 0 Å². The van der Waals surface area contributed by atoms with Crippen molar-refractivity contribution < 1.29 is 13.9 Å². The number of aliphatic hydroxyl groups is 1. The zero-order chi connectivity index (χ0) is 9.90. The summed E-state index contributed by atoms with van der Waals surface area (Å²) < 4.78 is 25.2. The van der Waals surface area contributed by atoms with Crippen molar-refractivity contribution >= 4 is 0 Å². The van der Waals surface area contributed by atoms with Gasteiger partial charge in [0.25, 0.3) is 5.92 Å². The van der Waals surface area contributed by atoms with Gasteiger partial charge in [0, 0.05) is 12.4 Å². The molecule has 1 rings (SSSR count). The molecule has 0 aromatic carbocycles. The monoisotopic (exact) mass is 188 g/mol. The molecule has 1 aromatic rings. The Kier molecular flexibility index (Phi) is 2.87. The summed E-state index contributed by atoms with van der Waals surface area (Å²) >= 11 is 0. The predicted molar refractivity (Wildman–Crippen MR) is 42.5 cm³/mol. The molecule has 0 saturated heterocycles. The molecule has 0 spiro atoms. The standard InChI is InChI=1S/C8H10F2N2O/c1-6-3-12-7(4-11-6)2-8(9,10)5-13/h3-4,13H,2,5H2,1H3. The Morgan fingerprint density at radius 2 is 2.08 bits per heavy atom. The molecule has 0 atom stereocenters. The van der Waals surface area contributed by atoms with E-state index in [1.807, 2.05) is 0 Å². The molecule has 1 N–H and O–H groups in total. The Morgan fingerprint density at radius 3 is 2.54 bits per heavy atom. The molecule has 0 amide bonds. The lowest BCUT2D eigenvalue weighted by molar-refractivity contribution is -0.0495. The summed E-state index contributed by atoms with van der Waals surface area (Å²) in [5.74, 6) is -3.11. The maximum absolute atomic E-state index is 12.6. The number of halogens is 2. The van der Waals surface area contributed by atoms with E-state index >= 15 is 0 Å². The molecule has 0 saturated carbocycles. The summed E-state index contributed by atoms with van der Waals surface area (Å²) in [6.07, 6.45) is 2.14. The van der Waals surface area contributed by atoms with Crippen molar-refractivity contribution in [2.75, 3.05) is 6.61 Å². The Balaban J connectivity index is 2.69. The predicted octanol–water partition coefficient (Wildman–Crippen LogP) is 0.955. The summed E-state index contributed by atoms with van der Waals surface area (Å²) in [7, 11) is 0. The quantitative estimate of drug-likeness (QED) is 0.768. The molecule has 0 aliphatic heterocycles. The summed E-state index contributed by atoms with van der Waals surface area (Å²) in [4.78, 5) is 7.58. The van der Waals surface area contributed by atoms with Crippen molar-refractivity contribution in [2.45, 2.75) is 19.3 Å². The van der Waals surface area contributed by atoms with Gasteiger partial charge in [0.05, 0.1) is 17.8 Å². The first-order valence-electron chi connectivity index (χ1n) is 3.80. The van der Waals surface area contributed by atoms with Crippen LogP contribution in [0, 0.1) is 6.92 Å². The molecule has 1 heterocycles. The molecule has 0 aliphatic rings. The van der Waals surface area contributed by atoms with Crippen LogP contribution in [0.25, 0.3) is 0 Å².